The highest BCUT2D eigenvalue weighted by Crippen LogP contribution is 2.18. The second kappa shape index (κ2) is 8.91. The predicted octanol–water partition coefficient (Wildman–Crippen LogP) is 3.05. The minimum atomic E-state index is -0.170. The number of nitrogens with zero attached hydrogens (tertiary/aromatic N) is 1. The first-order chi connectivity index (χ1) is 11.6. The van der Waals surface area contributed by atoms with Crippen LogP contribution in [-0.2, 0) is 13.0 Å². The number of guanidine groups is 1. The lowest BCUT2D eigenvalue weighted by atomic mass is 10.1. The van der Waals surface area contributed by atoms with Crippen molar-refractivity contribution in [2.45, 2.75) is 19.9 Å². The van der Waals surface area contributed by atoms with E-state index in [-0.39, 0.29) is 5.82 Å². The summed E-state index contributed by atoms with van der Waals surface area (Å²) < 4.78 is 18.8. The highest BCUT2D eigenvalue weighted by molar-refractivity contribution is 5.79. The minimum absolute atomic E-state index is 0.170. The molecule has 2 rings (SSSR count). The average molecular weight is 329 g/mol. The van der Waals surface area contributed by atoms with Gasteiger partial charge in [-0.2, -0.15) is 0 Å². The third kappa shape index (κ3) is 4.98. The predicted molar refractivity (Wildman–Crippen MR) is 96.0 cm³/mol. The highest BCUT2D eigenvalue weighted by atomic mass is 19.1. The van der Waals surface area contributed by atoms with Gasteiger partial charge in [0.2, 0.25) is 0 Å². The van der Waals surface area contributed by atoms with Gasteiger partial charge in [0.15, 0.2) is 5.96 Å². The Kier molecular flexibility index (Phi) is 6.61. The van der Waals surface area contributed by atoms with Crippen LogP contribution >= 0.6 is 0 Å². The Balaban J connectivity index is 1.82. The van der Waals surface area contributed by atoms with Crippen LogP contribution in [0.5, 0.6) is 5.75 Å². The third-order valence-electron chi connectivity index (χ3n) is 3.79. The number of rotatable bonds is 6. The van der Waals surface area contributed by atoms with Crippen LogP contribution in [0.3, 0.4) is 0 Å². The lowest BCUT2D eigenvalue weighted by Gasteiger charge is -2.13. The summed E-state index contributed by atoms with van der Waals surface area (Å²) in [5.41, 5.74) is 2.94. The van der Waals surface area contributed by atoms with Gasteiger partial charge >= 0.3 is 0 Å². The molecule has 0 aliphatic rings. The maximum absolute atomic E-state index is 13.6. The molecule has 0 bridgehead atoms. The monoisotopic (exact) mass is 329 g/mol. The SMILES string of the molecule is CN=C(NCCc1ccccc1F)NCc1ccc(OC)c(C)c1. The summed E-state index contributed by atoms with van der Waals surface area (Å²) in [6.45, 7) is 3.29. The normalized spacial score (nSPS) is 11.2. The molecule has 0 unspecified atom stereocenters. The van der Waals surface area contributed by atoms with Crippen LogP contribution < -0.4 is 15.4 Å². The minimum Gasteiger partial charge on any atom is -0.496 e. The van der Waals surface area contributed by atoms with Crippen LogP contribution in [0.25, 0.3) is 0 Å². The number of hydrogen-bond acceptors (Lipinski definition) is 2. The standard InChI is InChI=1S/C19H24FN3O/c1-14-12-15(8-9-18(14)24-3)13-23-19(21-2)22-11-10-16-6-4-5-7-17(16)20/h4-9,12H,10-11,13H2,1-3H3,(H2,21,22,23). The zero-order chi connectivity index (χ0) is 17.4. The number of aryl methyl sites for hydroxylation is 1. The molecule has 2 aromatic rings. The highest BCUT2D eigenvalue weighted by Gasteiger charge is 2.03. The Hall–Kier alpha value is -2.56. The number of halogens is 1. The van der Waals surface area contributed by atoms with Crippen molar-refractivity contribution >= 4 is 5.96 Å². The van der Waals surface area contributed by atoms with Crippen molar-refractivity contribution in [3.63, 3.8) is 0 Å². The maximum atomic E-state index is 13.6. The van der Waals surface area contributed by atoms with E-state index in [2.05, 4.69) is 21.7 Å². The fourth-order valence-corrected chi connectivity index (χ4v) is 2.47. The van der Waals surface area contributed by atoms with E-state index in [1.54, 1.807) is 26.3 Å². The van der Waals surface area contributed by atoms with Gasteiger partial charge in [-0.15, -0.1) is 0 Å². The smallest absolute Gasteiger partial charge is 0.191 e. The van der Waals surface area contributed by atoms with E-state index in [9.17, 15) is 4.39 Å². The molecule has 0 amide bonds. The second-order valence-electron chi connectivity index (χ2n) is 5.50. The van der Waals surface area contributed by atoms with Crippen LogP contribution in [-0.4, -0.2) is 26.7 Å². The lowest BCUT2D eigenvalue weighted by molar-refractivity contribution is 0.411. The van der Waals surface area contributed by atoms with Gasteiger partial charge in [-0.1, -0.05) is 30.3 Å². The van der Waals surface area contributed by atoms with Crippen molar-refractivity contribution in [3.8, 4) is 5.75 Å². The van der Waals surface area contributed by atoms with Gasteiger partial charge in [-0.25, -0.2) is 4.39 Å². The number of hydrogen-bond donors (Lipinski definition) is 2. The summed E-state index contributed by atoms with van der Waals surface area (Å²) in [6.07, 6.45) is 0.606. The lowest BCUT2D eigenvalue weighted by Crippen LogP contribution is -2.37. The molecule has 2 aromatic carbocycles. The van der Waals surface area contributed by atoms with Crippen LogP contribution in [0, 0.1) is 12.7 Å². The molecule has 0 saturated heterocycles. The zero-order valence-corrected chi connectivity index (χ0v) is 14.4. The van der Waals surface area contributed by atoms with Gasteiger partial charge in [0.25, 0.3) is 0 Å². The van der Waals surface area contributed by atoms with Crippen molar-refractivity contribution < 1.29 is 9.13 Å². The molecular weight excluding hydrogens is 305 g/mol. The van der Waals surface area contributed by atoms with Gasteiger partial charge in [0, 0.05) is 20.1 Å². The summed E-state index contributed by atoms with van der Waals surface area (Å²) in [7, 11) is 3.39. The molecule has 0 saturated carbocycles. The van der Waals surface area contributed by atoms with Crippen molar-refractivity contribution in [2.75, 3.05) is 20.7 Å². The molecule has 5 heteroatoms. The van der Waals surface area contributed by atoms with Gasteiger partial charge < -0.3 is 15.4 Å². The summed E-state index contributed by atoms with van der Waals surface area (Å²) in [5, 5.41) is 6.46. The van der Waals surface area contributed by atoms with Crippen molar-refractivity contribution in [1.29, 1.82) is 0 Å². The number of ether oxygens (including phenoxy) is 1. The Morgan fingerprint density at radius 3 is 2.62 bits per heavy atom. The summed E-state index contributed by atoms with van der Waals surface area (Å²) in [4.78, 5) is 4.19. The van der Waals surface area contributed by atoms with Gasteiger partial charge in [-0.3, -0.25) is 4.99 Å². The van der Waals surface area contributed by atoms with Crippen molar-refractivity contribution in [2.24, 2.45) is 4.99 Å². The molecule has 0 atom stereocenters. The molecule has 128 valence electrons. The van der Waals surface area contributed by atoms with Gasteiger partial charge in [0.1, 0.15) is 11.6 Å². The van der Waals surface area contributed by atoms with Crippen LogP contribution in [0.2, 0.25) is 0 Å². The van der Waals surface area contributed by atoms with Crippen LogP contribution in [0.15, 0.2) is 47.5 Å². The van der Waals surface area contributed by atoms with E-state index in [0.717, 1.165) is 16.9 Å². The van der Waals surface area contributed by atoms with Gasteiger partial charge in [0.05, 0.1) is 7.11 Å². The third-order valence-corrected chi connectivity index (χ3v) is 3.79. The molecule has 0 aromatic heterocycles. The number of aliphatic imine (C=N–C) groups is 1. The number of methoxy groups -OCH3 is 1. The van der Waals surface area contributed by atoms with E-state index in [4.69, 9.17) is 4.74 Å². The topological polar surface area (TPSA) is 45.7 Å². The summed E-state index contributed by atoms with van der Waals surface area (Å²) >= 11 is 0. The fourth-order valence-electron chi connectivity index (χ4n) is 2.47. The quantitative estimate of drug-likeness (QED) is 0.632. The molecular formula is C19H24FN3O. The Morgan fingerprint density at radius 2 is 1.96 bits per heavy atom. The first kappa shape index (κ1) is 17.8. The molecule has 0 aliphatic heterocycles. The average Bonchev–Trinajstić information content (AvgIpc) is 2.59. The Bertz CT molecular complexity index is 701. The molecule has 4 nitrogen and oxygen atoms in total. The largest absolute Gasteiger partial charge is 0.496 e. The van der Waals surface area contributed by atoms with E-state index in [1.807, 2.05) is 25.1 Å². The molecule has 0 aliphatic carbocycles. The summed E-state index contributed by atoms with van der Waals surface area (Å²) in [6, 6.07) is 12.9. The van der Waals surface area contributed by atoms with Crippen LogP contribution in [0.4, 0.5) is 4.39 Å². The van der Waals surface area contributed by atoms with Crippen molar-refractivity contribution in [1.82, 2.24) is 10.6 Å². The fraction of sp³-hybridized carbons (Fsp3) is 0.316. The molecule has 0 radical (unpaired) electrons. The van der Waals surface area contributed by atoms with E-state index in [0.29, 0.717) is 31.0 Å². The Morgan fingerprint density at radius 1 is 1.17 bits per heavy atom. The molecule has 24 heavy (non-hydrogen) atoms. The van der Waals surface area contributed by atoms with Crippen molar-refractivity contribution in [3.05, 3.63) is 65.0 Å². The van der Waals surface area contributed by atoms with E-state index < -0.39 is 0 Å². The zero-order valence-electron chi connectivity index (χ0n) is 14.4. The molecule has 0 fully saturated rings. The number of nitrogens with one attached hydrogen (secondary N) is 2. The van der Waals surface area contributed by atoms with E-state index >= 15 is 0 Å². The second-order valence-corrected chi connectivity index (χ2v) is 5.50. The molecule has 0 spiro atoms. The maximum Gasteiger partial charge on any atom is 0.191 e. The first-order valence-electron chi connectivity index (χ1n) is 7.95. The molecule has 2 N–H and O–H groups in total. The van der Waals surface area contributed by atoms with Gasteiger partial charge in [-0.05, 0) is 42.2 Å². The number of benzene rings is 2. The molecule has 0 heterocycles. The van der Waals surface area contributed by atoms with Crippen LogP contribution in [0.1, 0.15) is 16.7 Å². The van der Waals surface area contributed by atoms with E-state index in [1.165, 1.54) is 6.07 Å². The summed E-state index contributed by atoms with van der Waals surface area (Å²) in [5.74, 6) is 1.40. The first-order valence-corrected chi connectivity index (χ1v) is 7.95. The Labute approximate surface area is 142 Å².